The van der Waals surface area contributed by atoms with Crippen molar-refractivity contribution in [3.8, 4) is 5.88 Å². The lowest BCUT2D eigenvalue weighted by Gasteiger charge is -2.12. The Hall–Kier alpha value is -4.21. The molecule has 10 heteroatoms. The highest BCUT2D eigenvalue weighted by Gasteiger charge is 2.28. The van der Waals surface area contributed by atoms with Crippen molar-refractivity contribution in [1.82, 2.24) is 15.0 Å². The fourth-order valence-electron chi connectivity index (χ4n) is 3.38. The lowest BCUT2D eigenvalue weighted by molar-refractivity contribution is -0.384. The highest BCUT2D eigenvalue weighted by Crippen LogP contribution is 2.28. The second kappa shape index (κ2) is 7.66. The molecule has 0 fully saturated rings. The molecule has 1 aromatic heterocycles. The quantitative estimate of drug-likeness (QED) is 0.433. The first-order chi connectivity index (χ1) is 14.4. The molecule has 0 bridgehead atoms. The van der Waals surface area contributed by atoms with E-state index >= 15 is 0 Å². The van der Waals surface area contributed by atoms with Crippen molar-refractivity contribution in [2.45, 2.75) is 19.0 Å². The van der Waals surface area contributed by atoms with E-state index < -0.39 is 28.1 Å². The van der Waals surface area contributed by atoms with E-state index in [1.807, 2.05) is 6.07 Å². The molecular formula is C20H17N5O5. The Bertz CT molecular complexity index is 1260. The summed E-state index contributed by atoms with van der Waals surface area (Å²) >= 11 is 0. The molecule has 152 valence electrons. The second-order valence-electron chi connectivity index (χ2n) is 6.83. The normalized spacial score (nSPS) is 15.5. The van der Waals surface area contributed by atoms with Gasteiger partial charge in [0.1, 0.15) is 5.56 Å². The predicted molar refractivity (Wildman–Crippen MR) is 109 cm³/mol. The average molecular weight is 407 g/mol. The van der Waals surface area contributed by atoms with Gasteiger partial charge >= 0.3 is 5.69 Å². The Kier molecular flexibility index (Phi) is 4.88. The third-order valence-electron chi connectivity index (χ3n) is 4.88. The van der Waals surface area contributed by atoms with Crippen molar-refractivity contribution >= 4 is 11.4 Å². The van der Waals surface area contributed by atoms with E-state index in [2.05, 4.69) is 15.5 Å². The molecule has 2 aromatic carbocycles. The number of nitrogens with zero attached hydrogens (tertiary/aromatic N) is 3. The molecule has 30 heavy (non-hydrogen) atoms. The van der Waals surface area contributed by atoms with Crippen LogP contribution in [0.15, 0.2) is 69.3 Å². The number of benzene rings is 2. The minimum atomic E-state index is -0.748. The number of aromatic hydroxyl groups is 1. The van der Waals surface area contributed by atoms with Crippen LogP contribution in [0.2, 0.25) is 0 Å². The van der Waals surface area contributed by atoms with Crippen molar-refractivity contribution in [2.75, 3.05) is 0 Å². The Labute approximate surface area is 169 Å². The summed E-state index contributed by atoms with van der Waals surface area (Å²) in [6.07, 6.45) is 0.210. The fraction of sp³-hybridized carbons (Fsp3) is 0.150. The number of hydrogen-bond donors (Lipinski definition) is 3. The SMILES string of the molecule is O=c1[nH]c(=O)n(Cc2ccccc2)c(O)c1C1=NN[C@H](c2cccc([N+](=O)[O-])c2)C1. The summed E-state index contributed by atoms with van der Waals surface area (Å²) in [6.45, 7) is 0.0737. The van der Waals surface area contributed by atoms with Gasteiger partial charge in [0.2, 0.25) is 5.88 Å². The van der Waals surface area contributed by atoms with Crippen LogP contribution in [0.4, 0.5) is 5.69 Å². The molecule has 0 aliphatic carbocycles. The maximum absolute atomic E-state index is 12.4. The summed E-state index contributed by atoms with van der Waals surface area (Å²) in [5, 5.41) is 25.8. The van der Waals surface area contributed by atoms with Crippen LogP contribution in [0.1, 0.15) is 29.2 Å². The Morgan fingerprint density at radius 2 is 1.93 bits per heavy atom. The number of hydrazone groups is 1. The zero-order chi connectivity index (χ0) is 21.3. The number of aromatic amines is 1. The topological polar surface area (TPSA) is 143 Å². The van der Waals surface area contributed by atoms with Crippen LogP contribution >= 0.6 is 0 Å². The van der Waals surface area contributed by atoms with Gasteiger partial charge in [-0.1, -0.05) is 42.5 Å². The van der Waals surface area contributed by atoms with Gasteiger partial charge in [-0.05, 0) is 11.1 Å². The van der Waals surface area contributed by atoms with Crippen molar-refractivity contribution in [2.24, 2.45) is 5.10 Å². The van der Waals surface area contributed by atoms with Crippen LogP contribution in [-0.4, -0.2) is 25.3 Å². The molecular weight excluding hydrogens is 390 g/mol. The van der Waals surface area contributed by atoms with Gasteiger partial charge in [0.05, 0.1) is 23.2 Å². The Morgan fingerprint density at radius 1 is 1.17 bits per heavy atom. The van der Waals surface area contributed by atoms with Gasteiger partial charge in [-0.3, -0.25) is 24.5 Å². The summed E-state index contributed by atoms with van der Waals surface area (Å²) in [7, 11) is 0. The van der Waals surface area contributed by atoms with Gasteiger partial charge in [0.15, 0.2) is 0 Å². The number of aromatic nitrogens is 2. The van der Waals surface area contributed by atoms with Crippen LogP contribution in [0.3, 0.4) is 0 Å². The minimum Gasteiger partial charge on any atom is -0.494 e. The standard InChI is InChI=1S/C20H17N5O5/c26-18-17(19(27)24(20(28)21-18)11-12-5-2-1-3-6-12)16-10-15(22-23-16)13-7-4-8-14(9-13)25(29)30/h1-9,15,22,27H,10-11H2,(H,21,26,28)/t15-/m0/s1. The summed E-state index contributed by atoms with van der Waals surface area (Å²) < 4.78 is 1.06. The monoisotopic (exact) mass is 407 g/mol. The van der Waals surface area contributed by atoms with E-state index in [0.29, 0.717) is 5.56 Å². The summed E-state index contributed by atoms with van der Waals surface area (Å²) in [5.41, 5.74) is 2.85. The summed E-state index contributed by atoms with van der Waals surface area (Å²) in [5.74, 6) is -0.479. The first-order valence-electron chi connectivity index (χ1n) is 9.11. The number of H-pyrrole nitrogens is 1. The number of hydrogen-bond acceptors (Lipinski definition) is 7. The van der Waals surface area contributed by atoms with Crippen LogP contribution in [-0.2, 0) is 6.54 Å². The van der Waals surface area contributed by atoms with Crippen LogP contribution in [0, 0.1) is 10.1 Å². The summed E-state index contributed by atoms with van der Waals surface area (Å²) in [4.78, 5) is 37.4. The molecule has 10 nitrogen and oxygen atoms in total. The van der Waals surface area contributed by atoms with Crippen LogP contribution in [0.5, 0.6) is 5.88 Å². The number of rotatable bonds is 5. The maximum Gasteiger partial charge on any atom is 0.331 e. The molecule has 0 amide bonds. The predicted octanol–water partition coefficient (Wildman–Crippen LogP) is 1.64. The van der Waals surface area contributed by atoms with Gasteiger partial charge in [-0.2, -0.15) is 5.10 Å². The molecule has 0 spiro atoms. The number of non-ortho nitro benzene ring substituents is 1. The van der Waals surface area contributed by atoms with E-state index in [4.69, 9.17) is 0 Å². The van der Waals surface area contributed by atoms with Gasteiger partial charge in [-0.25, -0.2) is 4.79 Å². The molecule has 0 saturated heterocycles. The summed E-state index contributed by atoms with van der Waals surface area (Å²) in [6, 6.07) is 14.7. The first kappa shape index (κ1) is 19.1. The third-order valence-corrected chi connectivity index (χ3v) is 4.88. The zero-order valence-electron chi connectivity index (χ0n) is 15.6. The smallest absolute Gasteiger partial charge is 0.331 e. The molecule has 3 aromatic rings. The Morgan fingerprint density at radius 3 is 2.67 bits per heavy atom. The second-order valence-corrected chi connectivity index (χ2v) is 6.83. The molecule has 1 atom stereocenters. The first-order valence-corrected chi connectivity index (χ1v) is 9.11. The number of nitrogens with one attached hydrogen (secondary N) is 2. The molecule has 0 radical (unpaired) electrons. The maximum atomic E-state index is 12.4. The molecule has 3 N–H and O–H groups in total. The molecule has 1 aliphatic heterocycles. The van der Waals surface area contributed by atoms with E-state index in [1.54, 1.807) is 36.4 Å². The molecule has 1 aliphatic rings. The third kappa shape index (κ3) is 3.58. The lowest BCUT2D eigenvalue weighted by atomic mass is 9.99. The lowest BCUT2D eigenvalue weighted by Crippen LogP contribution is -2.34. The molecule has 4 rings (SSSR count). The van der Waals surface area contributed by atoms with Gasteiger partial charge in [0, 0.05) is 18.6 Å². The van der Waals surface area contributed by atoms with Crippen LogP contribution in [0.25, 0.3) is 0 Å². The van der Waals surface area contributed by atoms with Gasteiger partial charge < -0.3 is 10.5 Å². The molecule has 2 heterocycles. The number of nitro benzene ring substituents is 1. The van der Waals surface area contributed by atoms with Crippen LogP contribution < -0.4 is 16.7 Å². The van der Waals surface area contributed by atoms with Crippen molar-refractivity contribution in [3.05, 3.63) is 102 Å². The van der Waals surface area contributed by atoms with Crippen molar-refractivity contribution < 1.29 is 10.0 Å². The van der Waals surface area contributed by atoms with E-state index in [1.165, 1.54) is 12.1 Å². The molecule has 0 saturated carbocycles. The largest absolute Gasteiger partial charge is 0.494 e. The highest BCUT2D eigenvalue weighted by molar-refractivity contribution is 6.03. The van der Waals surface area contributed by atoms with E-state index in [-0.39, 0.29) is 29.9 Å². The molecule has 0 unspecified atom stereocenters. The van der Waals surface area contributed by atoms with Crippen molar-refractivity contribution in [3.63, 3.8) is 0 Å². The average Bonchev–Trinajstić information content (AvgIpc) is 3.21. The van der Waals surface area contributed by atoms with Gasteiger partial charge in [-0.15, -0.1) is 0 Å². The van der Waals surface area contributed by atoms with Gasteiger partial charge in [0.25, 0.3) is 11.2 Å². The minimum absolute atomic E-state index is 0.0557. The van der Waals surface area contributed by atoms with Crippen molar-refractivity contribution in [1.29, 1.82) is 0 Å². The highest BCUT2D eigenvalue weighted by atomic mass is 16.6. The number of nitro groups is 1. The van der Waals surface area contributed by atoms with E-state index in [9.17, 15) is 24.8 Å². The fourth-order valence-corrected chi connectivity index (χ4v) is 3.38. The zero-order valence-corrected chi connectivity index (χ0v) is 15.6. The van der Waals surface area contributed by atoms with E-state index in [0.717, 1.165) is 10.1 Å². The Balaban J connectivity index is 1.66.